The molecule has 0 atom stereocenters. The van der Waals surface area contributed by atoms with Gasteiger partial charge in [0.1, 0.15) is 22.4 Å². The van der Waals surface area contributed by atoms with Gasteiger partial charge in [-0.1, -0.05) is 19.7 Å². The number of esters is 9. The lowest BCUT2D eigenvalue weighted by Gasteiger charge is -2.59. The summed E-state index contributed by atoms with van der Waals surface area (Å²) in [4.78, 5) is 104. The van der Waals surface area contributed by atoms with Gasteiger partial charge in [-0.05, 0) is 188 Å². The van der Waals surface area contributed by atoms with Gasteiger partial charge in [-0.2, -0.15) is 17.6 Å². The maximum atomic E-state index is 12.4. The van der Waals surface area contributed by atoms with E-state index in [4.69, 9.17) is 23.7 Å². The van der Waals surface area contributed by atoms with Crippen LogP contribution in [-0.2, 0) is 85.8 Å². The molecule has 0 unspecified atom stereocenters. The molecule has 0 aromatic heterocycles. The average Bonchev–Trinajstić information content (AvgIpc) is 3.45. The Bertz CT molecular complexity index is 2260. The lowest BCUT2D eigenvalue weighted by Crippen LogP contribution is -2.58. The van der Waals surface area contributed by atoms with Crippen molar-refractivity contribution in [2.45, 2.75) is 140 Å². The number of carbonyl (C=O) groups excluding carboxylic acids is 9. The predicted molar refractivity (Wildman–Crippen MR) is 256 cm³/mol. The second-order valence-corrected chi connectivity index (χ2v) is 23.2. The van der Waals surface area contributed by atoms with Crippen molar-refractivity contribution in [1.82, 2.24) is 0 Å². The van der Waals surface area contributed by atoms with Crippen LogP contribution in [-0.4, -0.2) is 116 Å². The fourth-order valence-electron chi connectivity index (χ4n) is 14.9. The van der Waals surface area contributed by atoms with Gasteiger partial charge < -0.3 is 42.6 Å². The molecule has 0 N–H and O–H groups in total. The van der Waals surface area contributed by atoms with E-state index in [0.717, 1.165) is 107 Å². The lowest BCUT2D eigenvalue weighted by atomic mass is 9.50. The molecule has 18 nitrogen and oxygen atoms in total. The molecular weight excluding hydrogens is 1020 g/mol. The van der Waals surface area contributed by atoms with Crippen molar-refractivity contribution in [2.24, 2.45) is 71.0 Å². The Balaban J connectivity index is 0.000000168. The molecule has 0 radical (unpaired) electrons. The highest BCUT2D eigenvalue weighted by Crippen LogP contribution is 2.62. The van der Waals surface area contributed by atoms with Crippen LogP contribution in [0.15, 0.2) is 37.2 Å². The van der Waals surface area contributed by atoms with Crippen LogP contribution in [0.4, 0.5) is 17.6 Å². The number of hydrogen-bond acceptors (Lipinski definition) is 18. The van der Waals surface area contributed by atoms with Crippen LogP contribution >= 0.6 is 0 Å². The quantitative estimate of drug-likeness (QED) is 0.0567. The van der Waals surface area contributed by atoms with Gasteiger partial charge in [0.25, 0.3) is 0 Å². The summed E-state index contributed by atoms with van der Waals surface area (Å²) in [7, 11) is 0. The molecule has 12 fully saturated rings. The molecule has 12 aliphatic rings. The summed E-state index contributed by atoms with van der Waals surface area (Å²) in [6.45, 7) is 10.4. The Labute approximate surface area is 443 Å². The van der Waals surface area contributed by atoms with Gasteiger partial charge in [0.05, 0.1) is 0 Å². The first-order valence-electron chi connectivity index (χ1n) is 26.5. The van der Waals surface area contributed by atoms with E-state index in [0.29, 0.717) is 47.3 Å². The highest BCUT2D eigenvalue weighted by atomic mass is 19.4. The molecule has 0 aromatic rings. The molecule has 0 aromatic carbocycles. The van der Waals surface area contributed by atoms with E-state index in [-0.39, 0.29) is 0 Å². The standard InChI is InChI=1S/C19H23F3O6.C18H23FO6.C18H24O6/c1-10(19(20,21)22)17(25)27-8-15(23)26-9-16(24)28-18(2)13-4-11-3-12(6-13)7-14(18)5-11;1-10(19)17(22)24-8-15(20)23-9-16(21)25-18(2)13-4-11-3-12(6-13)7-14(18)5-11;1-3-15(19)22-9-16(20)23-10-17(21)24-18(2)13-5-11-4-12(7-13)8-14(18)6-11/h11-14H,1,3-9H2,2H3;11-14H,1,3-9H2,2H3;3,11-14H,1,4-10H2,2H3. The van der Waals surface area contributed by atoms with E-state index in [2.05, 4.69) is 38.7 Å². The summed E-state index contributed by atoms with van der Waals surface area (Å²) in [6.07, 6.45) is 13.0. The van der Waals surface area contributed by atoms with Crippen LogP contribution in [0.25, 0.3) is 0 Å². The first kappa shape index (κ1) is 58.8. The van der Waals surface area contributed by atoms with Gasteiger partial charge in [-0.25, -0.2) is 43.2 Å². The zero-order chi connectivity index (χ0) is 56.2. The van der Waals surface area contributed by atoms with Crippen molar-refractivity contribution in [3.05, 3.63) is 37.2 Å². The molecule has 12 aliphatic carbocycles. The predicted octanol–water partition coefficient (Wildman–Crippen LogP) is 7.28. The average molecular weight is 1100 g/mol. The smallest absolute Gasteiger partial charge is 0.422 e. The van der Waals surface area contributed by atoms with Gasteiger partial charge in [0.15, 0.2) is 39.6 Å². The first-order chi connectivity index (χ1) is 36.2. The topological polar surface area (TPSA) is 237 Å². The van der Waals surface area contributed by atoms with Crippen molar-refractivity contribution in [1.29, 1.82) is 0 Å². The summed E-state index contributed by atoms with van der Waals surface area (Å²) in [5, 5.41) is 0. The fourth-order valence-corrected chi connectivity index (χ4v) is 14.9. The third-order valence-electron chi connectivity index (χ3n) is 18.3. The van der Waals surface area contributed by atoms with Gasteiger partial charge in [0, 0.05) is 6.08 Å². The molecule has 77 heavy (non-hydrogen) atoms. The van der Waals surface area contributed by atoms with Crippen molar-refractivity contribution in [3.8, 4) is 0 Å². The molecule has 426 valence electrons. The summed E-state index contributed by atoms with van der Waals surface area (Å²) in [6, 6.07) is 0. The van der Waals surface area contributed by atoms with E-state index in [1.165, 1.54) is 19.3 Å². The molecular formula is C55H70F4O18. The van der Waals surface area contributed by atoms with E-state index in [1.807, 2.05) is 20.8 Å². The minimum absolute atomic E-state index is 0.303. The normalized spacial score (nSPS) is 34.7. The summed E-state index contributed by atoms with van der Waals surface area (Å²) in [5.74, 6) is -3.15. The zero-order valence-electron chi connectivity index (χ0n) is 43.8. The van der Waals surface area contributed by atoms with Gasteiger partial charge in [-0.3, -0.25) is 0 Å². The Kier molecular flexibility index (Phi) is 18.4. The Hall–Kier alpha value is -5.83. The largest absolute Gasteiger partial charge is 0.456 e. The van der Waals surface area contributed by atoms with Crippen molar-refractivity contribution >= 4 is 53.7 Å². The van der Waals surface area contributed by atoms with Crippen molar-refractivity contribution < 1.29 is 103 Å². The molecule has 12 saturated carbocycles. The maximum Gasteiger partial charge on any atom is 0.422 e. The number of halogens is 4. The molecule has 22 heteroatoms. The summed E-state index contributed by atoms with van der Waals surface area (Å²) >= 11 is 0. The first-order valence-corrected chi connectivity index (χ1v) is 26.5. The van der Waals surface area contributed by atoms with Crippen LogP contribution in [0.2, 0.25) is 0 Å². The third-order valence-corrected chi connectivity index (χ3v) is 18.3. The molecule has 0 aliphatic heterocycles. The maximum absolute atomic E-state index is 12.4. The number of carbonyl (C=O) groups is 9. The van der Waals surface area contributed by atoms with E-state index >= 15 is 0 Å². The number of hydrogen-bond donors (Lipinski definition) is 0. The second kappa shape index (κ2) is 24.0. The van der Waals surface area contributed by atoms with E-state index in [1.54, 1.807) is 0 Å². The Morgan fingerprint density at radius 3 is 0.909 bits per heavy atom. The number of alkyl halides is 3. The molecule has 12 bridgehead atoms. The van der Waals surface area contributed by atoms with Crippen LogP contribution < -0.4 is 0 Å². The third kappa shape index (κ3) is 14.3. The van der Waals surface area contributed by atoms with Crippen LogP contribution in [0.1, 0.15) is 117 Å². The highest BCUT2D eigenvalue weighted by Gasteiger charge is 2.59. The number of rotatable bonds is 18. The summed E-state index contributed by atoms with van der Waals surface area (Å²) in [5.41, 5.74) is -3.23. The minimum atomic E-state index is -4.95. The van der Waals surface area contributed by atoms with Gasteiger partial charge in [-0.15, -0.1) is 0 Å². The van der Waals surface area contributed by atoms with E-state index < -0.39 is 128 Å². The SMILES string of the molecule is C=C(C(=O)OCC(=O)OCC(=O)OC1(C)C2CC3CC(C2)CC1C3)C(F)(F)F.C=C(F)C(=O)OCC(=O)OCC(=O)OC1(C)C2CC3CC(C2)CC1C3.C=CC(=O)OCC(=O)OCC(=O)OC1(C)C2CC3CC(C2)CC1C3. The highest BCUT2D eigenvalue weighted by molar-refractivity contribution is 5.91. The second-order valence-electron chi connectivity index (χ2n) is 23.2. The number of ether oxygens (including phenoxy) is 9. The molecule has 0 heterocycles. The Morgan fingerprint density at radius 1 is 0.416 bits per heavy atom. The molecule has 0 spiro atoms. The summed E-state index contributed by atoms with van der Waals surface area (Å²) < 4.78 is 93.7. The minimum Gasteiger partial charge on any atom is -0.456 e. The lowest BCUT2D eigenvalue weighted by molar-refractivity contribution is -0.207. The zero-order valence-corrected chi connectivity index (χ0v) is 43.8. The van der Waals surface area contributed by atoms with Crippen molar-refractivity contribution in [2.75, 3.05) is 39.6 Å². The fraction of sp³-hybridized carbons (Fsp3) is 0.727. The molecule has 12 rings (SSSR count). The van der Waals surface area contributed by atoms with Gasteiger partial charge >= 0.3 is 59.9 Å². The van der Waals surface area contributed by atoms with E-state index in [9.17, 15) is 60.7 Å². The molecule has 0 saturated heterocycles. The van der Waals surface area contributed by atoms with Gasteiger partial charge in [0.2, 0.25) is 5.83 Å². The molecule has 0 amide bonds. The monoisotopic (exact) mass is 1090 g/mol. The Morgan fingerprint density at radius 2 is 0.662 bits per heavy atom. The van der Waals surface area contributed by atoms with Crippen molar-refractivity contribution in [3.63, 3.8) is 0 Å². The van der Waals surface area contributed by atoms with Crippen LogP contribution in [0.3, 0.4) is 0 Å². The van der Waals surface area contributed by atoms with Crippen LogP contribution in [0.5, 0.6) is 0 Å². The van der Waals surface area contributed by atoms with Crippen LogP contribution in [0, 0.1) is 71.0 Å².